The Bertz CT molecular complexity index is 818. The Morgan fingerprint density at radius 1 is 1.19 bits per heavy atom. The molecule has 6 nitrogen and oxygen atoms in total. The number of aliphatic carboxylic acids is 1. The Balaban J connectivity index is 1.78. The first kappa shape index (κ1) is 17.8. The number of carboxylic acid groups (broad SMARTS) is 1. The van der Waals surface area contributed by atoms with Gasteiger partial charge in [0.15, 0.2) is 18.1 Å². The van der Waals surface area contributed by atoms with Crippen LogP contribution in [-0.4, -0.2) is 30.7 Å². The molecule has 2 N–H and O–H groups in total. The molecule has 1 aliphatic carbocycles. The minimum absolute atomic E-state index is 0.0297. The molecule has 0 saturated heterocycles. The van der Waals surface area contributed by atoms with Crippen LogP contribution in [0, 0.1) is 0 Å². The van der Waals surface area contributed by atoms with Crippen LogP contribution in [0.4, 0.5) is 0 Å². The molecule has 0 aliphatic heterocycles. The van der Waals surface area contributed by atoms with E-state index in [4.69, 9.17) is 14.6 Å². The molecule has 3 rings (SSSR count). The molecule has 0 unspecified atom stereocenters. The van der Waals surface area contributed by atoms with Crippen LogP contribution in [0.1, 0.15) is 40.4 Å². The van der Waals surface area contributed by atoms with E-state index < -0.39 is 12.6 Å². The quantitative estimate of drug-likeness (QED) is 0.832. The lowest BCUT2D eigenvalue weighted by Gasteiger charge is -2.26. The van der Waals surface area contributed by atoms with E-state index in [0.29, 0.717) is 11.3 Å². The molecule has 1 atom stereocenters. The van der Waals surface area contributed by atoms with Crippen molar-refractivity contribution < 1.29 is 24.2 Å². The first-order valence-corrected chi connectivity index (χ1v) is 8.50. The van der Waals surface area contributed by atoms with Crippen molar-refractivity contribution in [2.24, 2.45) is 0 Å². The standard InChI is InChI=1S/C20H21NO5/c1-25-17-10-9-14(11-18(17)26-12-19(22)23)20(24)21-16-8-4-6-13-5-2-3-7-15(13)16/h2-3,5,7,9-11,16H,4,6,8,12H2,1H3,(H,21,24)(H,22,23)/t16-/m1/s1. The smallest absolute Gasteiger partial charge is 0.341 e. The lowest BCUT2D eigenvalue weighted by molar-refractivity contribution is -0.139. The molecule has 26 heavy (non-hydrogen) atoms. The molecule has 0 bridgehead atoms. The molecule has 2 aromatic rings. The van der Waals surface area contributed by atoms with Crippen LogP contribution in [0.3, 0.4) is 0 Å². The highest BCUT2D eigenvalue weighted by molar-refractivity contribution is 5.95. The van der Waals surface area contributed by atoms with Gasteiger partial charge in [0.1, 0.15) is 0 Å². The number of rotatable bonds is 6. The maximum Gasteiger partial charge on any atom is 0.341 e. The molecule has 1 aliphatic rings. The van der Waals surface area contributed by atoms with Crippen molar-refractivity contribution in [1.29, 1.82) is 0 Å². The predicted octanol–water partition coefficient (Wildman–Crippen LogP) is 2.97. The molecule has 136 valence electrons. The number of hydrogen-bond acceptors (Lipinski definition) is 4. The zero-order valence-corrected chi connectivity index (χ0v) is 14.5. The van der Waals surface area contributed by atoms with E-state index in [1.165, 1.54) is 18.7 Å². The number of aryl methyl sites for hydroxylation is 1. The third-order valence-electron chi connectivity index (χ3n) is 4.45. The van der Waals surface area contributed by atoms with Gasteiger partial charge in [-0.1, -0.05) is 24.3 Å². The summed E-state index contributed by atoms with van der Waals surface area (Å²) in [4.78, 5) is 23.4. The van der Waals surface area contributed by atoms with Gasteiger partial charge in [0.2, 0.25) is 0 Å². The monoisotopic (exact) mass is 355 g/mol. The number of nitrogens with one attached hydrogen (secondary N) is 1. The number of hydrogen-bond donors (Lipinski definition) is 2. The van der Waals surface area contributed by atoms with E-state index >= 15 is 0 Å². The summed E-state index contributed by atoms with van der Waals surface area (Å²) >= 11 is 0. The fraction of sp³-hybridized carbons (Fsp3) is 0.300. The number of amides is 1. The summed E-state index contributed by atoms with van der Waals surface area (Å²) in [6.45, 7) is -0.503. The van der Waals surface area contributed by atoms with Gasteiger partial charge in [-0.15, -0.1) is 0 Å². The summed E-state index contributed by atoms with van der Waals surface area (Å²) in [7, 11) is 1.46. The molecule has 0 fully saturated rings. The van der Waals surface area contributed by atoms with Gasteiger partial charge in [-0.25, -0.2) is 4.79 Å². The molecular formula is C20H21NO5. The Labute approximate surface area is 151 Å². The van der Waals surface area contributed by atoms with Gasteiger partial charge in [-0.3, -0.25) is 4.79 Å². The molecular weight excluding hydrogens is 334 g/mol. The minimum Gasteiger partial charge on any atom is -0.493 e. The zero-order valence-electron chi connectivity index (χ0n) is 14.5. The van der Waals surface area contributed by atoms with E-state index in [1.54, 1.807) is 12.1 Å². The molecule has 2 aromatic carbocycles. The lowest BCUT2D eigenvalue weighted by Crippen LogP contribution is -2.31. The van der Waals surface area contributed by atoms with Crippen LogP contribution >= 0.6 is 0 Å². The number of benzene rings is 2. The van der Waals surface area contributed by atoms with Crippen LogP contribution in [0.25, 0.3) is 0 Å². The Kier molecular flexibility index (Phi) is 5.41. The van der Waals surface area contributed by atoms with Crippen molar-refractivity contribution in [2.45, 2.75) is 25.3 Å². The molecule has 0 heterocycles. The number of carbonyl (C=O) groups excluding carboxylic acids is 1. The summed E-state index contributed by atoms with van der Waals surface area (Å²) in [5, 5.41) is 11.9. The van der Waals surface area contributed by atoms with Crippen LogP contribution < -0.4 is 14.8 Å². The summed E-state index contributed by atoms with van der Waals surface area (Å²) in [6, 6.07) is 12.8. The number of carbonyl (C=O) groups is 2. The van der Waals surface area contributed by atoms with Crippen molar-refractivity contribution in [3.63, 3.8) is 0 Å². The second-order valence-corrected chi connectivity index (χ2v) is 6.17. The van der Waals surface area contributed by atoms with Crippen molar-refractivity contribution in [2.75, 3.05) is 13.7 Å². The molecule has 0 saturated carbocycles. The fourth-order valence-corrected chi connectivity index (χ4v) is 3.22. The highest BCUT2D eigenvalue weighted by Crippen LogP contribution is 2.31. The van der Waals surface area contributed by atoms with Crippen LogP contribution in [0.2, 0.25) is 0 Å². The van der Waals surface area contributed by atoms with Gasteiger partial charge >= 0.3 is 5.97 Å². The van der Waals surface area contributed by atoms with E-state index in [2.05, 4.69) is 17.4 Å². The molecule has 0 spiro atoms. The van der Waals surface area contributed by atoms with Gasteiger partial charge in [0.25, 0.3) is 5.91 Å². The van der Waals surface area contributed by atoms with Crippen molar-refractivity contribution in [3.8, 4) is 11.5 Å². The van der Waals surface area contributed by atoms with Gasteiger partial charge in [-0.05, 0) is 48.6 Å². The summed E-state index contributed by atoms with van der Waals surface area (Å²) < 4.78 is 10.4. The summed E-state index contributed by atoms with van der Waals surface area (Å²) in [5.74, 6) is -0.715. The number of ether oxygens (including phenoxy) is 2. The number of fused-ring (bicyclic) bond motifs is 1. The molecule has 6 heteroatoms. The van der Waals surface area contributed by atoms with Gasteiger partial charge < -0.3 is 19.9 Å². The maximum atomic E-state index is 12.7. The second-order valence-electron chi connectivity index (χ2n) is 6.17. The van der Waals surface area contributed by atoms with Crippen LogP contribution in [0.15, 0.2) is 42.5 Å². The largest absolute Gasteiger partial charge is 0.493 e. The van der Waals surface area contributed by atoms with Gasteiger partial charge in [0, 0.05) is 5.56 Å². The first-order valence-electron chi connectivity index (χ1n) is 8.50. The van der Waals surface area contributed by atoms with Gasteiger partial charge in [0.05, 0.1) is 13.2 Å². The molecule has 0 aromatic heterocycles. The maximum absolute atomic E-state index is 12.7. The second kappa shape index (κ2) is 7.91. The topological polar surface area (TPSA) is 84.9 Å². The number of carboxylic acids is 1. The van der Waals surface area contributed by atoms with Gasteiger partial charge in [-0.2, -0.15) is 0 Å². The van der Waals surface area contributed by atoms with Crippen molar-refractivity contribution in [3.05, 3.63) is 59.2 Å². The highest BCUT2D eigenvalue weighted by atomic mass is 16.5. The third-order valence-corrected chi connectivity index (χ3v) is 4.45. The first-order chi connectivity index (χ1) is 12.6. The normalized spacial score (nSPS) is 15.7. The Morgan fingerprint density at radius 2 is 2.00 bits per heavy atom. The van der Waals surface area contributed by atoms with Crippen LogP contribution in [0.5, 0.6) is 11.5 Å². The van der Waals surface area contributed by atoms with Crippen molar-refractivity contribution in [1.82, 2.24) is 5.32 Å². The van der Waals surface area contributed by atoms with Crippen LogP contribution in [-0.2, 0) is 11.2 Å². The Morgan fingerprint density at radius 3 is 2.77 bits per heavy atom. The third kappa shape index (κ3) is 3.96. The van der Waals surface area contributed by atoms with E-state index in [9.17, 15) is 9.59 Å². The SMILES string of the molecule is COc1ccc(C(=O)N[C@@H]2CCCc3ccccc32)cc1OCC(=O)O. The minimum atomic E-state index is -1.10. The lowest BCUT2D eigenvalue weighted by atomic mass is 9.87. The average Bonchev–Trinajstić information content (AvgIpc) is 2.66. The number of methoxy groups -OCH3 is 1. The average molecular weight is 355 g/mol. The zero-order chi connectivity index (χ0) is 18.5. The highest BCUT2D eigenvalue weighted by Gasteiger charge is 2.22. The van der Waals surface area contributed by atoms with E-state index in [-0.39, 0.29) is 17.7 Å². The van der Waals surface area contributed by atoms with Crippen molar-refractivity contribution >= 4 is 11.9 Å². The predicted molar refractivity (Wildman–Crippen MR) is 95.7 cm³/mol. The Hall–Kier alpha value is -3.02. The molecule has 0 radical (unpaired) electrons. The van der Waals surface area contributed by atoms with E-state index in [1.807, 2.05) is 12.1 Å². The molecule has 1 amide bonds. The van der Waals surface area contributed by atoms with E-state index in [0.717, 1.165) is 24.8 Å². The summed E-state index contributed by atoms with van der Waals surface area (Å²) in [5.41, 5.74) is 2.82. The summed E-state index contributed by atoms with van der Waals surface area (Å²) in [6.07, 6.45) is 2.94. The fourth-order valence-electron chi connectivity index (χ4n) is 3.22.